The Kier molecular flexibility index (Phi) is 3.58. The number of anilines is 2. The second-order valence-corrected chi connectivity index (χ2v) is 5.07. The van der Waals surface area contributed by atoms with E-state index in [4.69, 9.17) is 0 Å². The van der Waals surface area contributed by atoms with Crippen molar-refractivity contribution in [2.45, 2.75) is 12.8 Å². The van der Waals surface area contributed by atoms with Crippen molar-refractivity contribution in [2.75, 3.05) is 10.6 Å². The summed E-state index contributed by atoms with van der Waals surface area (Å²) in [7, 11) is 0. The molecule has 22 heavy (non-hydrogen) atoms. The zero-order valence-corrected chi connectivity index (χ0v) is 11.5. The van der Waals surface area contributed by atoms with Crippen LogP contribution in [0.5, 0.6) is 0 Å². The van der Waals surface area contributed by atoms with Crippen LogP contribution >= 0.6 is 0 Å². The molecule has 3 rings (SSSR count). The Morgan fingerprint density at radius 1 is 1.18 bits per heavy atom. The molecule has 0 aliphatic carbocycles. The van der Waals surface area contributed by atoms with Crippen molar-refractivity contribution in [2.24, 2.45) is 0 Å². The molecular weight excluding hydrogens is 290 g/mol. The molecule has 2 aromatic carbocycles. The van der Waals surface area contributed by atoms with Crippen LogP contribution in [-0.2, 0) is 22.4 Å². The topological polar surface area (TPSA) is 58.2 Å². The van der Waals surface area contributed by atoms with Gasteiger partial charge in [0.15, 0.2) is 0 Å². The van der Waals surface area contributed by atoms with E-state index in [0.29, 0.717) is 6.07 Å². The third kappa shape index (κ3) is 2.95. The van der Waals surface area contributed by atoms with Gasteiger partial charge in [-0.15, -0.1) is 0 Å². The summed E-state index contributed by atoms with van der Waals surface area (Å²) in [6.07, 6.45) is 0.329. The van der Waals surface area contributed by atoms with E-state index in [9.17, 15) is 18.4 Å². The quantitative estimate of drug-likeness (QED) is 0.915. The number of rotatable bonds is 3. The standard InChI is InChI=1S/C16H12F2N2O2/c17-11-2-4-14(12(18)8-11)20-15(21)6-9-1-3-13-10(5-9)7-16(22)19-13/h1-5,8H,6-7H2,(H,19,22)(H,20,21). The zero-order chi connectivity index (χ0) is 15.7. The van der Waals surface area contributed by atoms with Crippen LogP contribution in [0.3, 0.4) is 0 Å². The molecule has 2 aromatic rings. The average Bonchev–Trinajstić information content (AvgIpc) is 2.81. The van der Waals surface area contributed by atoms with E-state index in [-0.39, 0.29) is 24.4 Å². The summed E-state index contributed by atoms with van der Waals surface area (Å²) in [6, 6.07) is 8.20. The normalized spacial score (nSPS) is 12.7. The second kappa shape index (κ2) is 5.55. The summed E-state index contributed by atoms with van der Waals surface area (Å²) < 4.78 is 26.3. The van der Waals surface area contributed by atoms with Gasteiger partial charge in [0, 0.05) is 11.8 Å². The van der Waals surface area contributed by atoms with Gasteiger partial charge >= 0.3 is 0 Å². The lowest BCUT2D eigenvalue weighted by atomic mass is 10.1. The molecule has 0 aromatic heterocycles. The van der Waals surface area contributed by atoms with Crippen molar-refractivity contribution >= 4 is 23.2 Å². The minimum absolute atomic E-state index is 0.0400. The van der Waals surface area contributed by atoms with Gasteiger partial charge in [-0.05, 0) is 29.3 Å². The van der Waals surface area contributed by atoms with Crippen molar-refractivity contribution < 1.29 is 18.4 Å². The molecule has 4 nitrogen and oxygen atoms in total. The number of amides is 2. The van der Waals surface area contributed by atoms with Crippen molar-refractivity contribution in [1.82, 2.24) is 0 Å². The van der Waals surface area contributed by atoms with E-state index in [1.807, 2.05) is 0 Å². The Balaban J connectivity index is 1.70. The van der Waals surface area contributed by atoms with E-state index in [1.165, 1.54) is 6.07 Å². The number of benzene rings is 2. The highest BCUT2D eigenvalue weighted by atomic mass is 19.1. The monoisotopic (exact) mass is 302 g/mol. The van der Waals surface area contributed by atoms with Crippen LogP contribution in [-0.4, -0.2) is 11.8 Å². The molecule has 2 amide bonds. The summed E-state index contributed by atoms with van der Waals surface area (Å²) in [5.74, 6) is -2.02. The van der Waals surface area contributed by atoms with Gasteiger partial charge in [0.05, 0.1) is 18.5 Å². The first-order valence-corrected chi connectivity index (χ1v) is 6.68. The van der Waals surface area contributed by atoms with E-state index < -0.39 is 17.5 Å². The summed E-state index contributed by atoms with van der Waals surface area (Å²) in [4.78, 5) is 23.2. The number of carbonyl (C=O) groups excluding carboxylic acids is 2. The summed E-state index contributed by atoms with van der Waals surface area (Å²) in [5, 5.41) is 5.11. The van der Waals surface area contributed by atoms with Gasteiger partial charge in [-0.1, -0.05) is 12.1 Å². The summed E-state index contributed by atoms with van der Waals surface area (Å²) in [6.45, 7) is 0. The molecule has 0 spiro atoms. The summed E-state index contributed by atoms with van der Waals surface area (Å²) in [5.41, 5.74) is 2.24. The van der Waals surface area contributed by atoms with E-state index in [0.717, 1.165) is 22.9 Å². The molecule has 0 unspecified atom stereocenters. The van der Waals surface area contributed by atoms with Gasteiger partial charge in [-0.2, -0.15) is 0 Å². The Hall–Kier alpha value is -2.76. The number of hydrogen-bond acceptors (Lipinski definition) is 2. The van der Waals surface area contributed by atoms with Gasteiger partial charge in [0.1, 0.15) is 11.6 Å². The predicted molar refractivity (Wildman–Crippen MR) is 77.5 cm³/mol. The van der Waals surface area contributed by atoms with Crippen molar-refractivity contribution in [3.63, 3.8) is 0 Å². The maximum Gasteiger partial charge on any atom is 0.228 e. The highest BCUT2D eigenvalue weighted by Crippen LogP contribution is 2.24. The lowest BCUT2D eigenvalue weighted by molar-refractivity contribution is -0.116. The van der Waals surface area contributed by atoms with Gasteiger partial charge in [0.25, 0.3) is 0 Å². The van der Waals surface area contributed by atoms with Crippen molar-refractivity contribution in [3.05, 3.63) is 59.2 Å². The highest BCUT2D eigenvalue weighted by Gasteiger charge is 2.18. The smallest absolute Gasteiger partial charge is 0.228 e. The number of nitrogens with one attached hydrogen (secondary N) is 2. The minimum atomic E-state index is -0.822. The second-order valence-electron chi connectivity index (χ2n) is 5.07. The molecule has 0 saturated carbocycles. The fourth-order valence-corrected chi connectivity index (χ4v) is 2.36. The van der Waals surface area contributed by atoms with Crippen LogP contribution in [0.15, 0.2) is 36.4 Å². The molecular formula is C16H12F2N2O2. The average molecular weight is 302 g/mol. The molecule has 1 aliphatic rings. The Labute approximate surface area is 125 Å². The minimum Gasteiger partial charge on any atom is -0.326 e. The molecule has 0 atom stereocenters. The first kappa shape index (κ1) is 14.2. The van der Waals surface area contributed by atoms with Crippen LogP contribution in [0.2, 0.25) is 0 Å². The predicted octanol–water partition coefficient (Wildman–Crippen LogP) is 2.64. The largest absolute Gasteiger partial charge is 0.326 e. The number of halogens is 2. The van der Waals surface area contributed by atoms with Crippen LogP contribution in [0.25, 0.3) is 0 Å². The van der Waals surface area contributed by atoms with Crippen molar-refractivity contribution in [3.8, 4) is 0 Å². The fourth-order valence-electron chi connectivity index (χ4n) is 2.36. The molecule has 6 heteroatoms. The fraction of sp³-hybridized carbons (Fsp3) is 0.125. The van der Waals surface area contributed by atoms with Gasteiger partial charge in [-0.3, -0.25) is 9.59 Å². The third-order valence-electron chi connectivity index (χ3n) is 3.36. The number of carbonyl (C=O) groups is 2. The first-order valence-electron chi connectivity index (χ1n) is 6.68. The first-order chi connectivity index (χ1) is 10.5. The molecule has 0 bridgehead atoms. The Morgan fingerprint density at radius 2 is 2.00 bits per heavy atom. The number of hydrogen-bond donors (Lipinski definition) is 2. The van der Waals surface area contributed by atoms with Crippen molar-refractivity contribution in [1.29, 1.82) is 0 Å². The Bertz CT molecular complexity index is 775. The third-order valence-corrected chi connectivity index (χ3v) is 3.36. The zero-order valence-electron chi connectivity index (χ0n) is 11.5. The van der Waals surface area contributed by atoms with Crippen LogP contribution in [0, 0.1) is 11.6 Å². The molecule has 1 aliphatic heterocycles. The van der Waals surface area contributed by atoms with E-state index in [1.54, 1.807) is 18.2 Å². The van der Waals surface area contributed by atoms with Gasteiger partial charge in [0.2, 0.25) is 11.8 Å². The maximum atomic E-state index is 13.5. The molecule has 0 fully saturated rings. The van der Waals surface area contributed by atoms with E-state index >= 15 is 0 Å². The van der Waals surface area contributed by atoms with Crippen LogP contribution in [0.4, 0.5) is 20.2 Å². The Morgan fingerprint density at radius 3 is 2.77 bits per heavy atom. The van der Waals surface area contributed by atoms with Crippen LogP contribution < -0.4 is 10.6 Å². The summed E-state index contributed by atoms with van der Waals surface area (Å²) >= 11 is 0. The molecule has 0 radical (unpaired) electrons. The van der Waals surface area contributed by atoms with Gasteiger partial charge in [-0.25, -0.2) is 8.78 Å². The molecule has 0 saturated heterocycles. The van der Waals surface area contributed by atoms with Crippen LogP contribution in [0.1, 0.15) is 11.1 Å². The van der Waals surface area contributed by atoms with Gasteiger partial charge < -0.3 is 10.6 Å². The lowest BCUT2D eigenvalue weighted by Crippen LogP contribution is -2.15. The molecule has 1 heterocycles. The highest BCUT2D eigenvalue weighted by molar-refractivity contribution is 5.99. The number of fused-ring (bicyclic) bond motifs is 1. The van der Waals surface area contributed by atoms with E-state index in [2.05, 4.69) is 10.6 Å². The maximum absolute atomic E-state index is 13.5. The molecule has 112 valence electrons. The SMILES string of the molecule is O=C(Cc1ccc2c(c1)CC(=O)N2)Nc1ccc(F)cc1F. The lowest BCUT2D eigenvalue weighted by Gasteiger charge is -2.07. The molecule has 2 N–H and O–H groups in total.